The van der Waals surface area contributed by atoms with Gasteiger partial charge in [-0.05, 0) is 67.1 Å². The first-order valence-corrected chi connectivity index (χ1v) is 15.6. The van der Waals surface area contributed by atoms with E-state index in [9.17, 15) is 19.5 Å². The first kappa shape index (κ1) is 32.4. The molecule has 0 radical (unpaired) electrons. The van der Waals surface area contributed by atoms with Crippen LogP contribution in [0.1, 0.15) is 94.5 Å². The molecule has 4 rings (SSSR count). The SMILES string of the molecule is C=CC(=O)OCCCCCC1CCC(c2ccc(-c3ccc(C4O[C@@H](C(=O)O)[C@H](C(=O)OCCCC)O4)cc3)cc2)CC1. The summed E-state index contributed by atoms with van der Waals surface area (Å²) >= 11 is 0. The summed E-state index contributed by atoms with van der Waals surface area (Å²) in [6.45, 7) is 6.09. The molecule has 1 heterocycles. The van der Waals surface area contributed by atoms with E-state index in [4.69, 9.17) is 18.9 Å². The first-order chi connectivity index (χ1) is 20.9. The van der Waals surface area contributed by atoms with E-state index in [0.717, 1.165) is 36.3 Å². The highest BCUT2D eigenvalue weighted by Crippen LogP contribution is 2.39. The van der Waals surface area contributed by atoms with Gasteiger partial charge in [0, 0.05) is 11.6 Å². The normalized spacial score (nSPS) is 23.4. The van der Waals surface area contributed by atoms with Crippen LogP contribution >= 0.6 is 0 Å². The lowest BCUT2D eigenvalue weighted by Crippen LogP contribution is -2.38. The minimum absolute atomic E-state index is 0.222. The summed E-state index contributed by atoms with van der Waals surface area (Å²) in [5.41, 5.74) is 4.15. The topological polar surface area (TPSA) is 108 Å². The average molecular weight is 593 g/mol. The molecule has 2 aliphatic rings. The highest BCUT2D eigenvalue weighted by molar-refractivity contribution is 5.85. The van der Waals surface area contributed by atoms with Crippen molar-refractivity contribution in [2.45, 2.75) is 95.5 Å². The van der Waals surface area contributed by atoms with Gasteiger partial charge >= 0.3 is 17.9 Å². The van der Waals surface area contributed by atoms with Crippen molar-refractivity contribution in [2.75, 3.05) is 13.2 Å². The lowest BCUT2D eigenvalue weighted by molar-refractivity contribution is -0.161. The maximum atomic E-state index is 12.4. The second-order valence-electron chi connectivity index (χ2n) is 11.5. The van der Waals surface area contributed by atoms with Crippen LogP contribution in [0.3, 0.4) is 0 Å². The van der Waals surface area contributed by atoms with Crippen molar-refractivity contribution in [3.63, 3.8) is 0 Å². The number of benzene rings is 2. The zero-order chi connectivity index (χ0) is 30.6. The predicted octanol–water partition coefficient (Wildman–Crippen LogP) is 7.13. The van der Waals surface area contributed by atoms with E-state index >= 15 is 0 Å². The summed E-state index contributed by atoms with van der Waals surface area (Å²) in [5, 5.41) is 9.54. The molecule has 2 aromatic carbocycles. The quantitative estimate of drug-likeness (QED) is 0.132. The molecule has 1 saturated carbocycles. The number of esters is 2. The van der Waals surface area contributed by atoms with Crippen LogP contribution < -0.4 is 0 Å². The molecular weight excluding hydrogens is 548 g/mol. The number of carboxylic acids is 1. The largest absolute Gasteiger partial charge is 0.479 e. The van der Waals surface area contributed by atoms with Crippen LogP contribution in [0.25, 0.3) is 11.1 Å². The number of aliphatic carboxylic acids is 1. The van der Waals surface area contributed by atoms with Crippen LogP contribution in [0.2, 0.25) is 0 Å². The van der Waals surface area contributed by atoms with E-state index in [2.05, 4.69) is 30.8 Å². The molecule has 1 saturated heterocycles. The van der Waals surface area contributed by atoms with Gasteiger partial charge in [0.05, 0.1) is 13.2 Å². The van der Waals surface area contributed by atoms with Crippen molar-refractivity contribution in [1.29, 1.82) is 0 Å². The van der Waals surface area contributed by atoms with Crippen molar-refractivity contribution in [3.05, 3.63) is 72.3 Å². The summed E-state index contributed by atoms with van der Waals surface area (Å²) < 4.78 is 21.5. The Morgan fingerprint density at radius 1 is 0.814 bits per heavy atom. The second kappa shape index (κ2) is 16.4. The Morgan fingerprint density at radius 3 is 2.02 bits per heavy atom. The predicted molar refractivity (Wildman–Crippen MR) is 162 cm³/mol. The first-order valence-electron chi connectivity index (χ1n) is 15.6. The van der Waals surface area contributed by atoms with E-state index in [0.29, 0.717) is 24.5 Å². The Bertz CT molecular complexity index is 1200. The fourth-order valence-electron chi connectivity index (χ4n) is 5.87. The van der Waals surface area contributed by atoms with E-state index in [1.54, 1.807) is 0 Å². The Kier molecular flexibility index (Phi) is 12.4. The van der Waals surface area contributed by atoms with Crippen LogP contribution in [0.5, 0.6) is 0 Å². The Balaban J connectivity index is 1.24. The molecule has 1 N–H and O–H groups in total. The number of ether oxygens (including phenoxy) is 4. The van der Waals surface area contributed by atoms with Crippen LogP contribution in [0.15, 0.2) is 61.2 Å². The number of hydrogen-bond donors (Lipinski definition) is 1. The molecule has 1 unspecified atom stereocenters. The molecule has 0 spiro atoms. The fraction of sp³-hybridized carbons (Fsp3) is 0.514. The van der Waals surface area contributed by atoms with Crippen molar-refractivity contribution in [2.24, 2.45) is 5.92 Å². The zero-order valence-electron chi connectivity index (χ0n) is 25.1. The van der Waals surface area contributed by atoms with Gasteiger partial charge in [-0.2, -0.15) is 0 Å². The van der Waals surface area contributed by atoms with Gasteiger partial charge in [-0.15, -0.1) is 0 Å². The van der Waals surface area contributed by atoms with Crippen molar-refractivity contribution in [3.8, 4) is 11.1 Å². The van der Waals surface area contributed by atoms with Crippen molar-refractivity contribution >= 4 is 17.9 Å². The second-order valence-corrected chi connectivity index (χ2v) is 11.5. The van der Waals surface area contributed by atoms with Crippen LogP contribution in [0, 0.1) is 5.92 Å². The number of unbranched alkanes of at least 4 members (excludes halogenated alkanes) is 3. The zero-order valence-corrected chi connectivity index (χ0v) is 25.1. The van der Waals surface area contributed by atoms with E-state index in [1.807, 2.05) is 31.2 Å². The highest BCUT2D eigenvalue weighted by atomic mass is 16.7. The molecule has 0 amide bonds. The van der Waals surface area contributed by atoms with Gasteiger partial charge in [-0.25, -0.2) is 14.4 Å². The van der Waals surface area contributed by atoms with Crippen LogP contribution in [-0.2, 0) is 33.3 Å². The summed E-state index contributed by atoms with van der Waals surface area (Å²) in [7, 11) is 0. The third kappa shape index (κ3) is 9.25. The van der Waals surface area contributed by atoms with Gasteiger partial charge in [0.15, 0.2) is 18.5 Å². The van der Waals surface area contributed by atoms with Crippen molar-refractivity contribution in [1.82, 2.24) is 0 Å². The molecule has 0 aromatic heterocycles. The lowest BCUT2D eigenvalue weighted by atomic mass is 9.77. The van der Waals surface area contributed by atoms with Gasteiger partial charge in [0.1, 0.15) is 0 Å². The molecule has 232 valence electrons. The monoisotopic (exact) mass is 592 g/mol. The van der Waals surface area contributed by atoms with Crippen LogP contribution in [-0.4, -0.2) is 48.4 Å². The molecule has 2 fully saturated rings. The maximum Gasteiger partial charge on any atom is 0.338 e. The minimum atomic E-state index is -1.41. The lowest BCUT2D eigenvalue weighted by Gasteiger charge is -2.29. The highest BCUT2D eigenvalue weighted by Gasteiger charge is 2.46. The summed E-state index contributed by atoms with van der Waals surface area (Å²) in [4.78, 5) is 35.2. The minimum Gasteiger partial charge on any atom is -0.479 e. The number of carbonyl (C=O) groups excluding carboxylic acids is 2. The smallest absolute Gasteiger partial charge is 0.338 e. The molecule has 43 heavy (non-hydrogen) atoms. The molecule has 8 nitrogen and oxygen atoms in total. The third-order valence-electron chi connectivity index (χ3n) is 8.45. The molecule has 0 bridgehead atoms. The molecule has 2 aromatic rings. The van der Waals surface area contributed by atoms with Gasteiger partial charge in [0.25, 0.3) is 0 Å². The molecule has 1 aliphatic carbocycles. The molecule has 3 atom stereocenters. The van der Waals surface area contributed by atoms with Crippen LogP contribution in [0.4, 0.5) is 0 Å². The molecular formula is C35H44O8. The average Bonchev–Trinajstić information content (AvgIpc) is 3.49. The Hall–Kier alpha value is -3.49. The maximum absolute atomic E-state index is 12.4. The molecule has 1 aliphatic heterocycles. The summed E-state index contributed by atoms with van der Waals surface area (Å²) in [6.07, 6.45) is 8.44. The van der Waals surface area contributed by atoms with Gasteiger partial charge in [0.2, 0.25) is 0 Å². The molecule has 8 heteroatoms. The van der Waals surface area contributed by atoms with E-state index in [-0.39, 0.29) is 12.6 Å². The van der Waals surface area contributed by atoms with Gasteiger partial charge in [-0.1, -0.05) is 87.7 Å². The van der Waals surface area contributed by atoms with Gasteiger partial charge in [-0.3, -0.25) is 0 Å². The standard InChI is InChI=1S/C35H44O8/c1-3-5-22-41-34(39)32-31(33(37)38)42-35(43-32)29-20-18-28(19-21-29)27-16-14-26(15-17-27)25-12-10-24(11-13-25)9-7-6-8-23-40-30(36)4-2/h4,14-21,24-25,31-32,35H,2-3,5-13,22-23H2,1H3,(H,37,38)/t24?,25?,31-,32-,35?/m1/s1. The summed E-state index contributed by atoms with van der Waals surface area (Å²) in [6, 6.07) is 16.4. The number of rotatable bonds is 15. The van der Waals surface area contributed by atoms with E-state index < -0.39 is 30.4 Å². The Morgan fingerprint density at radius 2 is 1.42 bits per heavy atom. The number of hydrogen-bond acceptors (Lipinski definition) is 7. The Labute approximate surface area is 254 Å². The number of carboxylic acid groups (broad SMARTS) is 1. The number of carbonyl (C=O) groups is 3. The third-order valence-corrected chi connectivity index (χ3v) is 8.45. The van der Waals surface area contributed by atoms with Gasteiger partial charge < -0.3 is 24.1 Å². The fourth-order valence-corrected chi connectivity index (χ4v) is 5.87. The summed E-state index contributed by atoms with van der Waals surface area (Å²) in [5.74, 6) is -0.944. The van der Waals surface area contributed by atoms with E-state index in [1.165, 1.54) is 50.2 Å². The van der Waals surface area contributed by atoms with Crippen molar-refractivity contribution < 1.29 is 38.4 Å².